The summed E-state index contributed by atoms with van der Waals surface area (Å²) < 4.78 is 75.5. The first-order valence-electron chi connectivity index (χ1n) is 7.58. The van der Waals surface area contributed by atoms with Gasteiger partial charge in [-0.25, -0.2) is 4.98 Å². The molecule has 0 radical (unpaired) electrons. The number of alkyl halides is 6. The molecule has 2 atom stereocenters. The van der Waals surface area contributed by atoms with E-state index in [4.69, 9.17) is 0 Å². The van der Waals surface area contributed by atoms with Gasteiger partial charge in [-0.05, 0) is 31.4 Å². The Bertz CT molecular complexity index is 587. The number of aromatic nitrogens is 1. The Morgan fingerprint density at radius 2 is 1.92 bits per heavy atom. The molecule has 1 aliphatic rings. The first-order chi connectivity index (χ1) is 11.6. The molecule has 140 valence electrons. The third-order valence-corrected chi connectivity index (χ3v) is 4.86. The zero-order valence-electron chi connectivity index (χ0n) is 13.0. The number of thioether (sulfide) groups is 1. The van der Waals surface area contributed by atoms with Crippen LogP contribution in [0.25, 0.3) is 0 Å². The molecule has 10 heteroatoms. The van der Waals surface area contributed by atoms with Gasteiger partial charge in [-0.15, -0.1) is 0 Å². The monoisotopic (exact) mass is 386 g/mol. The van der Waals surface area contributed by atoms with Gasteiger partial charge in [-0.2, -0.15) is 26.3 Å². The maximum absolute atomic E-state index is 12.7. The van der Waals surface area contributed by atoms with Crippen LogP contribution in [-0.2, 0) is 11.0 Å². The van der Waals surface area contributed by atoms with Crippen molar-refractivity contribution in [3.8, 4) is 0 Å². The Kier molecular flexibility index (Phi) is 6.23. The van der Waals surface area contributed by atoms with E-state index in [9.17, 15) is 31.1 Å². The van der Waals surface area contributed by atoms with Crippen molar-refractivity contribution in [2.24, 2.45) is 5.92 Å². The summed E-state index contributed by atoms with van der Waals surface area (Å²) in [6, 6.07) is 1.48. The fourth-order valence-electron chi connectivity index (χ4n) is 2.66. The molecular weight excluding hydrogens is 370 g/mol. The zero-order chi connectivity index (χ0) is 18.7. The van der Waals surface area contributed by atoms with Crippen LogP contribution in [-0.4, -0.2) is 28.9 Å². The fourth-order valence-corrected chi connectivity index (χ4v) is 3.31. The minimum absolute atomic E-state index is 0.0695. The molecule has 1 aromatic rings. The summed E-state index contributed by atoms with van der Waals surface area (Å²) >= 11 is 0.930. The Hall–Kier alpha value is -1.45. The van der Waals surface area contributed by atoms with Crippen molar-refractivity contribution in [1.82, 2.24) is 10.3 Å². The van der Waals surface area contributed by atoms with Gasteiger partial charge < -0.3 is 5.32 Å². The van der Waals surface area contributed by atoms with Crippen molar-refractivity contribution in [2.75, 3.05) is 5.75 Å². The Balaban J connectivity index is 1.80. The lowest BCUT2D eigenvalue weighted by Gasteiger charge is -2.31. The highest BCUT2D eigenvalue weighted by Crippen LogP contribution is 2.37. The predicted molar refractivity (Wildman–Crippen MR) is 79.9 cm³/mol. The summed E-state index contributed by atoms with van der Waals surface area (Å²) in [5.41, 5.74) is -0.887. The number of halogens is 6. The molecule has 0 spiro atoms. The first-order valence-corrected chi connectivity index (χ1v) is 8.56. The minimum atomic E-state index is -4.48. The van der Waals surface area contributed by atoms with Gasteiger partial charge in [0.15, 0.2) is 0 Å². The van der Waals surface area contributed by atoms with Gasteiger partial charge in [0, 0.05) is 12.2 Å². The second-order valence-electron chi connectivity index (χ2n) is 5.84. The van der Waals surface area contributed by atoms with Crippen LogP contribution in [0.1, 0.15) is 31.2 Å². The number of carbonyl (C=O) groups is 1. The summed E-state index contributed by atoms with van der Waals surface area (Å²) in [6.07, 6.45) is -7.26. The molecule has 0 aromatic carbocycles. The van der Waals surface area contributed by atoms with E-state index in [1.807, 2.05) is 0 Å². The van der Waals surface area contributed by atoms with E-state index in [0.29, 0.717) is 19.0 Å². The average molecular weight is 386 g/mol. The third kappa shape index (κ3) is 6.09. The number of nitrogens with zero attached hydrogens (tertiary/aromatic N) is 1. The molecule has 1 amide bonds. The lowest BCUT2D eigenvalue weighted by Crippen LogP contribution is -2.42. The summed E-state index contributed by atoms with van der Waals surface area (Å²) in [5.74, 6) is -1.98. The Morgan fingerprint density at radius 3 is 2.48 bits per heavy atom. The van der Waals surface area contributed by atoms with Crippen molar-refractivity contribution in [2.45, 2.75) is 49.1 Å². The molecule has 3 nitrogen and oxygen atoms in total. The van der Waals surface area contributed by atoms with E-state index in [1.54, 1.807) is 0 Å². The molecule has 1 N–H and O–H groups in total. The molecule has 2 rings (SSSR count). The quantitative estimate of drug-likeness (QED) is 0.615. The van der Waals surface area contributed by atoms with E-state index in [2.05, 4.69) is 10.3 Å². The van der Waals surface area contributed by atoms with Gasteiger partial charge in [-0.3, -0.25) is 4.79 Å². The van der Waals surface area contributed by atoms with Gasteiger partial charge in [0.1, 0.15) is 0 Å². The van der Waals surface area contributed by atoms with Crippen molar-refractivity contribution >= 4 is 17.7 Å². The van der Waals surface area contributed by atoms with Crippen LogP contribution in [0.4, 0.5) is 26.3 Å². The highest BCUT2D eigenvalue weighted by Gasteiger charge is 2.42. The largest absolute Gasteiger partial charge is 0.417 e. The van der Waals surface area contributed by atoms with Crippen molar-refractivity contribution < 1.29 is 31.1 Å². The van der Waals surface area contributed by atoms with Gasteiger partial charge in [0.05, 0.1) is 22.3 Å². The Labute approximate surface area is 144 Å². The standard InChI is InChI=1S/C15H16F6N2OS/c16-14(17,18)9-2-1-3-11(6-9)23-12(24)8-25-13-5-4-10(7-22-13)15(19,20)21/h4-5,7,9,11H,1-3,6,8H2,(H,23,24). The highest BCUT2D eigenvalue weighted by molar-refractivity contribution is 7.99. The van der Waals surface area contributed by atoms with Gasteiger partial charge in [0.2, 0.25) is 5.91 Å². The smallest absolute Gasteiger partial charge is 0.353 e. The molecule has 1 aromatic heterocycles. The van der Waals surface area contributed by atoms with Crippen LogP contribution in [0.2, 0.25) is 0 Å². The number of hydrogen-bond donors (Lipinski definition) is 1. The predicted octanol–water partition coefficient (Wildman–Crippen LogP) is 4.43. The Morgan fingerprint density at radius 1 is 1.20 bits per heavy atom. The summed E-state index contributed by atoms with van der Waals surface area (Å²) in [6.45, 7) is 0. The molecule has 0 aliphatic heterocycles. The maximum Gasteiger partial charge on any atom is 0.417 e. The minimum Gasteiger partial charge on any atom is -0.353 e. The molecule has 1 heterocycles. The molecule has 1 aliphatic carbocycles. The van der Waals surface area contributed by atoms with Crippen LogP contribution in [0.3, 0.4) is 0 Å². The summed E-state index contributed by atoms with van der Waals surface area (Å²) in [7, 11) is 0. The van der Waals surface area contributed by atoms with E-state index in [0.717, 1.165) is 23.9 Å². The number of amides is 1. The summed E-state index contributed by atoms with van der Waals surface area (Å²) in [5, 5.41) is 2.80. The maximum atomic E-state index is 12.7. The van der Waals surface area contributed by atoms with E-state index in [1.165, 1.54) is 0 Å². The molecule has 25 heavy (non-hydrogen) atoms. The van der Waals surface area contributed by atoms with Gasteiger partial charge in [0.25, 0.3) is 0 Å². The zero-order valence-corrected chi connectivity index (χ0v) is 13.8. The third-order valence-electron chi connectivity index (χ3n) is 3.92. The topological polar surface area (TPSA) is 42.0 Å². The van der Waals surface area contributed by atoms with Crippen molar-refractivity contribution in [3.63, 3.8) is 0 Å². The van der Waals surface area contributed by atoms with E-state index in [-0.39, 0.29) is 23.6 Å². The summed E-state index contributed by atoms with van der Waals surface area (Å²) in [4.78, 5) is 15.5. The number of hydrogen-bond acceptors (Lipinski definition) is 3. The number of carbonyl (C=O) groups excluding carboxylic acids is 1. The van der Waals surface area contributed by atoms with Crippen LogP contribution >= 0.6 is 11.8 Å². The van der Waals surface area contributed by atoms with Crippen molar-refractivity contribution in [3.05, 3.63) is 23.9 Å². The van der Waals surface area contributed by atoms with Gasteiger partial charge in [-0.1, -0.05) is 18.2 Å². The molecule has 0 bridgehead atoms. The molecular formula is C15H16F6N2OS. The number of rotatable bonds is 4. The second kappa shape index (κ2) is 7.84. The van der Waals surface area contributed by atoms with Crippen LogP contribution in [0.15, 0.2) is 23.4 Å². The van der Waals surface area contributed by atoms with Crippen LogP contribution < -0.4 is 5.32 Å². The van der Waals surface area contributed by atoms with E-state index < -0.39 is 35.8 Å². The first kappa shape index (κ1) is 19.9. The highest BCUT2D eigenvalue weighted by atomic mass is 32.2. The lowest BCUT2D eigenvalue weighted by atomic mass is 9.85. The normalized spacial score (nSPS) is 21.8. The van der Waals surface area contributed by atoms with E-state index >= 15 is 0 Å². The molecule has 2 unspecified atom stereocenters. The molecule has 1 saturated carbocycles. The second-order valence-corrected chi connectivity index (χ2v) is 6.84. The van der Waals surface area contributed by atoms with Crippen LogP contribution in [0, 0.1) is 5.92 Å². The fraction of sp³-hybridized carbons (Fsp3) is 0.600. The molecule has 1 fully saturated rings. The average Bonchev–Trinajstić information content (AvgIpc) is 2.52. The number of pyridine rings is 1. The van der Waals surface area contributed by atoms with Crippen LogP contribution in [0.5, 0.6) is 0 Å². The SMILES string of the molecule is O=C(CSc1ccc(C(F)(F)F)cn1)NC1CCCC(C(F)(F)F)C1. The lowest BCUT2D eigenvalue weighted by molar-refractivity contribution is -0.184. The van der Waals surface area contributed by atoms with Crippen molar-refractivity contribution in [1.29, 1.82) is 0 Å². The number of nitrogens with one attached hydrogen (secondary N) is 1. The molecule has 0 saturated heterocycles. The van der Waals surface area contributed by atoms with Gasteiger partial charge >= 0.3 is 12.4 Å².